The highest BCUT2D eigenvalue weighted by atomic mass is 16.4. The van der Waals surface area contributed by atoms with Gasteiger partial charge in [0.25, 0.3) is 0 Å². The zero-order valence-corrected chi connectivity index (χ0v) is 10.7. The van der Waals surface area contributed by atoms with Gasteiger partial charge < -0.3 is 20.0 Å². The molecule has 3 rings (SSSR count). The van der Waals surface area contributed by atoms with E-state index in [2.05, 4.69) is 15.2 Å². The van der Waals surface area contributed by atoms with Crippen LogP contribution in [0.3, 0.4) is 0 Å². The maximum Gasteiger partial charge on any atom is 0.407 e. The van der Waals surface area contributed by atoms with Crippen LogP contribution in [-0.2, 0) is 6.61 Å². The van der Waals surface area contributed by atoms with E-state index in [1.165, 1.54) is 11.2 Å². The van der Waals surface area contributed by atoms with Crippen LogP contribution in [0.5, 0.6) is 0 Å². The predicted octanol–water partition coefficient (Wildman–Crippen LogP) is -0.583. The van der Waals surface area contributed by atoms with Crippen LogP contribution in [0.4, 0.5) is 10.6 Å². The number of carbonyl (C=O) groups is 1. The molecule has 0 atom stereocenters. The highest BCUT2D eigenvalue weighted by Crippen LogP contribution is 2.19. The van der Waals surface area contributed by atoms with Gasteiger partial charge in [0.15, 0.2) is 5.82 Å². The van der Waals surface area contributed by atoms with Gasteiger partial charge in [0, 0.05) is 26.2 Å². The Morgan fingerprint density at radius 3 is 2.70 bits per heavy atom. The number of anilines is 1. The lowest BCUT2D eigenvalue weighted by Crippen LogP contribution is -2.48. The van der Waals surface area contributed by atoms with Gasteiger partial charge in [-0.25, -0.2) is 9.78 Å². The van der Waals surface area contributed by atoms with Crippen LogP contribution in [0.2, 0.25) is 0 Å². The standard InChI is InChI=1S/C11H14N6O3/c18-6-8-5-12-9(10-14-13-7-17(8)10)15-1-3-16(4-2-15)11(19)20/h5,7,18H,1-4,6H2,(H,19,20). The molecule has 0 aliphatic carbocycles. The van der Waals surface area contributed by atoms with E-state index in [9.17, 15) is 9.90 Å². The number of piperazine rings is 1. The lowest BCUT2D eigenvalue weighted by atomic mass is 10.3. The van der Waals surface area contributed by atoms with Crippen LogP contribution in [0.25, 0.3) is 5.65 Å². The number of hydrogen-bond donors (Lipinski definition) is 2. The molecular weight excluding hydrogens is 264 g/mol. The molecule has 1 saturated heterocycles. The van der Waals surface area contributed by atoms with Crippen molar-refractivity contribution < 1.29 is 15.0 Å². The summed E-state index contributed by atoms with van der Waals surface area (Å²) in [5, 5.41) is 26.1. The van der Waals surface area contributed by atoms with Crippen LogP contribution in [-0.4, -0.2) is 67.0 Å². The molecule has 0 radical (unpaired) electrons. The number of carboxylic acid groups (broad SMARTS) is 1. The quantitative estimate of drug-likeness (QED) is 0.756. The van der Waals surface area contributed by atoms with Crippen molar-refractivity contribution in [3.05, 3.63) is 18.2 Å². The number of rotatable bonds is 2. The molecule has 1 aliphatic rings. The van der Waals surface area contributed by atoms with Crippen LogP contribution in [0, 0.1) is 0 Å². The zero-order valence-electron chi connectivity index (χ0n) is 10.7. The summed E-state index contributed by atoms with van der Waals surface area (Å²) < 4.78 is 1.69. The Bertz CT molecular complexity index is 634. The minimum atomic E-state index is -0.902. The van der Waals surface area contributed by atoms with Crippen molar-refractivity contribution in [2.24, 2.45) is 0 Å². The molecule has 0 bridgehead atoms. The Balaban J connectivity index is 1.88. The molecular formula is C11H14N6O3. The fourth-order valence-corrected chi connectivity index (χ4v) is 2.30. The third kappa shape index (κ3) is 2.01. The van der Waals surface area contributed by atoms with Crippen molar-refractivity contribution in [1.29, 1.82) is 0 Å². The van der Waals surface area contributed by atoms with Crippen molar-refractivity contribution in [2.75, 3.05) is 31.1 Å². The summed E-state index contributed by atoms with van der Waals surface area (Å²) in [7, 11) is 0. The average Bonchev–Trinajstić information content (AvgIpc) is 2.95. The first-order chi connectivity index (χ1) is 9.70. The van der Waals surface area contributed by atoms with E-state index in [0.717, 1.165) is 0 Å². The smallest absolute Gasteiger partial charge is 0.407 e. The summed E-state index contributed by atoms with van der Waals surface area (Å²) in [6, 6.07) is 0. The van der Waals surface area contributed by atoms with Gasteiger partial charge in [-0.1, -0.05) is 0 Å². The molecule has 0 aromatic carbocycles. The number of aliphatic hydroxyl groups excluding tert-OH is 1. The monoisotopic (exact) mass is 278 g/mol. The number of fused-ring (bicyclic) bond motifs is 1. The number of hydrogen-bond acceptors (Lipinski definition) is 6. The summed E-state index contributed by atoms with van der Waals surface area (Å²) in [5.74, 6) is 0.657. The Hall–Kier alpha value is -2.42. The van der Waals surface area contributed by atoms with Gasteiger partial charge in [-0.05, 0) is 0 Å². The Morgan fingerprint density at radius 2 is 2.05 bits per heavy atom. The molecule has 20 heavy (non-hydrogen) atoms. The third-order valence-corrected chi connectivity index (χ3v) is 3.40. The fraction of sp³-hybridized carbons (Fsp3) is 0.455. The molecule has 0 saturated carbocycles. The first kappa shape index (κ1) is 12.6. The molecule has 1 aliphatic heterocycles. The second kappa shape index (κ2) is 4.93. The number of aromatic nitrogens is 4. The number of aliphatic hydroxyl groups is 1. The van der Waals surface area contributed by atoms with Crippen molar-refractivity contribution in [2.45, 2.75) is 6.61 Å². The second-order valence-electron chi connectivity index (χ2n) is 4.51. The zero-order chi connectivity index (χ0) is 14.1. The molecule has 1 fully saturated rings. The normalized spacial score (nSPS) is 15.8. The van der Waals surface area contributed by atoms with E-state index < -0.39 is 6.09 Å². The van der Waals surface area contributed by atoms with Crippen LogP contribution in [0.1, 0.15) is 5.69 Å². The van der Waals surface area contributed by atoms with E-state index in [1.807, 2.05) is 4.90 Å². The fourth-order valence-electron chi connectivity index (χ4n) is 2.30. The van der Waals surface area contributed by atoms with Gasteiger partial charge in [0.2, 0.25) is 5.65 Å². The Kier molecular flexibility index (Phi) is 3.11. The van der Waals surface area contributed by atoms with E-state index in [1.54, 1.807) is 10.6 Å². The van der Waals surface area contributed by atoms with Crippen LogP contribution < -0.4 is 4.90 Å². The summed E-state index contributed by atoms with van der Waals surface area (Å²) in [5.41, 5.74) is 1.18. The maximum atomic E-state index is 10.9. The van der Waals surface area contributed by atoms with E-state index in [0.29, 0.717) is 43.3 Å². The molecule has 106 valence electrons. The summed E-state index contributed by atoms with van der Waals surface area (Å²) in [4.78, 5) is 18.6. The molecule has 2 N–H and O–H groups in total. The van der Waals surface area contributed by atoms with E-state index in [-0.39, 0.29) is 6.61 Å². The van der Waals surface area contributed by atoms with E-state index in [4.69, 9.17) is 5.11 Å². The van der Waals surface area contributed by atoms with Crippen LogP contribution in [0.15, 0.2) is 12.5 Å². The lowest BCUT2D eigenvalue weighted by molar-refractivity contribution is 0.142. The molecule has 1 amide bonds. The topological polar surface area (TPSA) is 107 Å². The molecule has 2 aromatic rings. The van der Waals surface area contributed by atoms with Gasteiger partial charge in [0.1, 0.15) is 6.33 Å². The second-order valence-corrected chi connectivity index (χ2v) is 4.51. The molecule has 2 aromatic heterocycles. The minimum absolute atomic E-state index is 0.144. The van der Waals surface area contributed by atoms with Gasteiger partial charge in [-0.2, -0.15) is 0 Å². The molecule has 3 heterocycles. The SMILES string of the molecule is O=C(O)N1CCN(c2ncc(CO)n3cnnc23)CC1. The van der Waals surface area contributed by atoms with Crippen molar-refractivity contribution >= 4 is 17.6 Å². The average molecular weight is 278 g/mol. The largest absolute Gasteiger partial charge is 0.465 e. The Morgan fingerprint density at radius 1 is 1.30 bits per heavy atom. The summed E-state index contributed by atoms with van der Waals surface area (Å²) in [6.07, 6.45) is 2.20. The highest BCUT2D eigenvalue weighted by Gasteiger charge is 2.23. The first-order valence-electron chi connectivity index (χ1n) is 6.22. The summed E-state index contributed by atoms with van der Waals surface area (Å²) in [6.45, 7) is 1.83. The number of amides is 1. The Labute approximate surface area is 114 Å². The summed E-state index contributed by atoms with van der Waals surface area (Å²) >= 11 is 0. The van der Waals surface area contributed by atoms with Crippen molar-refractivity contribution in [1.82, 2.24) is 24.5 Å². The van der Waals surface area contributed by atoms with Gasteiger partial charge in [-0.15, -0.1) is 10.2 Å². The van der Waals surface area contributed by atoms with Gasteiger partial charge in [0.05, 0.1) is 18.5 Å². The van der Waals surface area contributed by atoms with Crippen LogP contribution >= 0.6 is 0 Å². The van der Waals surface area contributed by atoms with Crippen molar-refractivity contribution in [3.63, 3.8) is 0 Å². The molecule has 0 unspecified atom stereocenters. The van der Waals surface area contributed by atoms with Crippen molar-refractivity contribution in [3.8, 4) is 0 Å². The lowest BCUT2D eigenvalue weighted by Gasteiger charge is -2.33. The number of nitrogens with zero attached hydrogens (tertiary/aromatic N) is 6. The molecule has 9 nitrogen and oxygen atoms in total. The molecule has 9 heteroatoms. The minimum Gasteiger partial charge on any atom is -0.465 e. The van der Waals surface area contributed by atoms with Gasteiger partial charge >= 0.3 is 6.09 Å². The van der Waals surface area contributed by atoms with Gasteiger partial charge in [-0.3, -0.25) is 4.40 Å². The highest BCUT2D eigenvalue weighted by molar-refractivity contribution is 5.67. The third-order valence-electron chi connectivity index (χ3n) is 3.40. The molecule has 0 spiro atoms. The maximum absolute atomic E-state index is 10.9. The van der Waals surface area contributed by atoms with E-state index >= 15 is 0 Å². The first-order valence-corrected chi connectivity index (χ1v) is 6.22. The predicted molar refractivity (Wildman–Crippen MR) is 68.5 cm³/mol.